The van der Waals surface area contributed by atoms with Crippen LogP contribution in [0.5, 0.6) is 0 Å². The van der Waals surface area contributed by atoms with E-state index >= 15 is 0 Å². The number of alkyl halides is 1. The second-order valence-electron chi connectivity index (χ2n) is 3.23. The van der Waals surface area contributed by atoms with Gasteiger partial charge >= 0.3 is 0 Å². The number of halogens is 1. The fourth-order valence-corrected chi connectivity index (χ4v) is 2.01. The van der Waals surface area contributed by atoms with Crippen LogP contribution >= 0.6 is 22.9 Å². The van der Waals surface area contributed by atoms with Crippen molar-refractivity contribution in [1.82, 2.24) is 10.3 Å². The Balaban J connectivity index is 2.48. The van der Waals surface area contributed by atoms with E-state index in [4.69, 9.17) is 17.3 Å². The zero-order chi connectivity index (χ0) is 12.1. The molecular weight excluding hydrogens is 250 g/mol. The summed E-state index contributed by atoms with van der Waals surface area (Å²) < 4.78 is 0. The molecule has 0 aliphatic heterocycles. The Bertz CT molecular complexity index is 394. The van der Waals surface area contributed by atoms with Crippen LogP contribution in [0.25, 0.3) is 0 Å². The number of nitrogens with two attached hydrogens (primary N) is 1. The molecule has 2 amide bonds. The van der Waals surface area contributed by atoms with Gasteiger partial charge in [0, 0.05) is 5.38 Å². The van der Waals surface area contributed by atoms with Crippen molar-refractivity contribution in [3.8, 4) is 0 Å². The lowest BCUT2D eigenvalue weighted by atomic mass is 10.3. The number of carbonyl (C=O) groups excluding carboxylic acids is 2. The van der Waals surface area contributed by atoms with Gasteiger partial charge in [0.15, 0.2) is 0 Å². The lowest BCUT2D eigenvalue weighted by Gasteiger charge is -2.08. The third kappa shape index (κ3) is 3.79. The topological polar surface area (TPSA) is 85.1 Å². The number of thiazole rings is 1. The van der Waals surface area contributed by atoms with Gasteiger partial charge < -0.3 is 11.1 Å². The van der Waals surface area contributed by atoms with Crippen molar-refractivity contribution in [3.63, 3.8) is 0 Å². The quantitative estimate of drug-likeness (QED) is 0.753. The van der Waals surface area contributed by atoms with E-state index in [-0.39, 0.29) is 12.3 Å². The SMILES string of the molecule is CC(NC(=O)Cc1nc(CCl)cs1)C(N)=O. The second kappa shape index (κ2) is 5.81. The molecule has 1 heterocycles. The van der Waals surface area contributed by atoms with Gasteiger partial charge in [0.1, 0.15) is 11.0 Å². The number of aromatic nitrogens is 1. The molecule has 0 spiro atoms. The van der Waals surface area contributed by atoms with Crippen LogP contribution in [-0.2, 0) is 21.9 Å². The zero-order valence-electron chi connectivity index (χ0n) is 8.70. The molecule has 0 radical (unpaired) electrons. The van der Waals surface area contributed by atoms with Gasteiger partial charge in [0.2, 0.25) is 11.8 Å². The Hall–Kier alpha value is -1.14. The zero-order valence-corrected chi connectivity index (χ0v) is 10.3. The summed E-state index contributed by atoms with van der Waals surface area (Å²) in [6.45, 7) is 1.53. The maximum Gasteiger partial charge on any atom is 0.239 e. The van der Waals surface area contributed by atoms with E-state index in [0.29, 0.717) is 10.9 Å². The third-order valence-corrected chi connectivity index (χ3v) is 3.02. The Morgan fingerprint density at radius 3 is 2.88 bits per heavy atom. The molecule has 0 aliphatic rings. The molecule has 5 nitrogen and oxygen atoms in total. The highest BCUT2D eigenvalue weighted by atomic mass is 35.5. The number of nitrogens with zero attached hydrogens (tertiary/aromatic N) is 1. The summed E-state index contributed by atoms with van der Waals surface area (Å²) in [6.07, 6.45) is 0.138. The standard InChI is InChI=1S/C9H12ClN3O2S/c1-5(9(11)15)12-7(14)2-8-13-6(3-10)4-16-8/h4-5H,2-3H2,1H3,(H2,11,15)(H,12,14). The van der Waals surface area contributed by atoms with E-state index < -0.39 is 11.9 Å². The maximum atomic E-state index is 11.4. The van der Waals surface area contributed by atoms with E-state index in [1.807, 2.05) is 0 Å². The third-order valence-electron chi connectivity index (χ3n) is 1.85. The summed E-state index contributed by atoms with van der Waals surface area (Å²) in [6, 6.07) is -0.667. The molecule has 0 aromatic carbocycles. The van der Waals surface area contributed by atoms with Gasteiger partial charge in [-0.15, -0.1) is 22.9 Å². The van der Waals surface area contributed by atoms with Crippen LogP contribution in [0.1, 0.15) is 17.6 Å². The van der Waals surface area contributed by atoms with Crippen molar-refractivity contribution in [3.05, 3.63) is 16.1 Å². The first-order valence-electron chi connectivity index (χ1n) is 4.61. The highest BCUT2D eigenvalue weighted by Crippen LogP contribution is 2.12. The van der Waals surface area contributed by atoms with Crippen LogP contribution in [0.2, 0.25) is 0 Å². The molecule has 3 N–H and O–H groups in total. The average Bonchev–Trinajstić information content (AvgIpc) is 2.65. The van der Waals surface area contributed by atoms with Crippen molar-refractivity contribution < 1.29 is 9.59 Å². The molecule has 0 aliphatic carbocycles. The van der Waals surface area contributed by atoms with E-state index in [1.165, 1.54) is 18.3 Å². The molecule has 88 valence electrons. The molecule has 1 aromatic heterocycles. The lowest BCUT2D eigenvalue weighted by molar-refractivity contribution is -0.126. The van der Waals surface area contributed by atoms with Crippen molar-refractivity contribution in [1.29, 1.82) is 0 Å². The molecule has 0 saturated carbocycles. The lowest BCUT2D eigenvalue weighted by Crippen LogP contribution is -2.42. The first kappa shape index (κ1) is 12.9. The minimum Gasteiger partial charge on any atom is -0.368 e. The summed E-state index contributed by atoms with van der Waals surface area (Å²) in [7, 11) is 0. The smallest absolute Gasteiger partial charge is 0.239 e. The highest BCUT2D eigenvalue weighted by Gasteiger charge is 2.13. The monoisotopic (exact) mass is 261 g/mol. The molecule has 1 atom stereocenters. The molecule has 16 heavy (non-hydrogen) atoms. The summed E-state index contributed by atoms with van der Waals surface area (Å²) in [5.41, 5.74) is 5.77. The number of rotatable bonds is 5. The van der Waals surface area contributed by atoms with Crippen LogP contribution in [0.4, 0.5) is 0 Å². The molecule has 7 heteroatoms. The predicted molar refractivity (Wildman–Crippen MR) is 62.2 cm³/mol. The van der Waals surface area contributed by atoms with Crippen molar-refractivity contribution in [2.24, 2.45) is 5.73 Å². The van der Waals surface area contributed by atoms with E-state index in [0.717, 1.165) is 5.69 Å². The number of amides is 2. The molecule has 1 aromatic rings. The molecule has 0 fully saturated rings. The van der Waals surface area contributed by atoms with Crippen molar-refractivity contribution in [2.45, 2.75) is 25.3 Å². The van der Waals surface area contributed by atoms with Gasteiger partial charge in [-0.05, 0) is 6.92 Å². The predicted octanol–water partition coefficient (Wildman–Crippen LogP) is 0.414. The number of hydrogen-bond acceptors (Lipinski definition) is 4. The fourth-order valence-electron chi connectivity index (χ4n) is 0.992. The van der Waals surface area contributed by atoms with Gasteiger partial charge in [-0.3, -0.25) is 9.59 Å². The molecule has 0 bridgehead atoms. The largest absolute Gasteiger partial charge is 0.368 e. The first-order valence-corrected chi connectivity index (χ1v) is 6.02. The van der Waals surface area contributed by atoms with E-state index in [2.05, 4.69) is 10.3 Å². The number of nitrogens with one attached hydrogen (secondary N) is 1. The van der Waals surface area contributed by atoms with Crippen LogP contribution in [-0.4, -0.2) is 22.8 Å². The van der Waals surface area contributed by atoms with E-state index in [9.17, 15) is 9.59 Å². The van der Waals surface area contributed by atoms with Crippen molar-refractivity contribution in [2.75, 3.05) is 0 Å². The molecule has 0 saturated heterocycles. The van der Waals surface area contributed by atoms with Gasteiger partial charge in [-0.25, -0.2) is 4.98 Å². The Kier molecular flexibility index (Phi) is 4.70. The summed E-state index contributed by atoms with van der Waals surface area (Å²) in [5, 5.41) is 4.95. The summed E-state index contributed by atoms with van der Waals surface area (Å²) in [4.78, 5) is 26.3. The second-order valence-corrected chi connectivity index (χ2v) is 4.44. The normalized spacial score (nSPS) is 12.1. The van der Waals surface area contributed by atoms with E-state index in [1.54, 1.807) is 5.38 Å². The van der Waals surface area contributed by atoms with Gasteiger partial charge in [0.25, 0.3) is 0 Å². The van der Waals surface area contributed by atoms with Gasteiger partial charge in [0.05, 0.1) is 18.0 Å². The Morgan fingerprint density at radius 2 is 2.38 bits per heavy atom. The van der Waals surface area contributed by atoms with Gasteiger partial charge in [-0.1, -0.05) is 0 Å². The minimum absolute atomic E-state index is 0.138. The Labute approximate surface area is 102 Å². The average molecular weight is 262 g/mol. The fraction of sp³-hybridized carbons (Fsp3) is 0.444. The van der Waals surface area contributed by atoms with Gasteiger partial charge in [-0.2, -0.15) is 0 Å². The number of carbonyl (C=O) groups is 2. The number of primary amides is 1. The van der Waals surface area contributed by atoms with Crippen LogP contribution < -0.4 is 11.1 Å². The molecule has 1 rings (SSSR count). The summed E-state index contributed by atoms with van der Waals surface area (Å²) >= 11 is 6.95. The summed E-state index contributed by atoms with van der Waals surface area (Å²) in [5.74, 6) is -0.508. The Morgan fingerprint density at radius 1 is 1.69 bits per heavy atom. The van der Waals surface area contributed by atoms with Crippen molar-refractivity contribution >= 4 is 34.8 Å². The van der Waals surface area contributed by atoms with Crippen LogP contribution in [0, 0.1) is 0 Å². The minimum atomic E-state index is -0.667. The van der Waals surface area contributed by atoms with Crippen LogP contribution in [0.15, 0.2) is 5.38 Å². The van der Waals surface area contributed by atoms with Crippen LogP contribution in [0.3, 0.4) is 0 Å². The first-order chi connectivity index (χ1) is 7.52. The molecule has 1 unspecified atom stereocenters. The maximum absolute atomic E-state index is 11.4. The highest BCUT2D eigenvalue weighted by molar-refractivity contribution is 7.09. The number of hydrogen-bond donors (Lipinski definition) is 2. The molecular formula is C9H12ClN3O2S.